The van der Waals surface area contributed by atoms with Crippen molar-refractivity contribution in [2.75, 3.05) is 26.3 Å². The molecule has 2 rings (SSSR count). The SMILES string of the molecule is CCOc1ccc(C(=O)NCC(=O)NCCCc2ccc(C)cc2C)cc1OCC. The molecule has 0 heterocycles. The molecule has 0 aliphatic heterocycles. The van der Waals surface area contributed by atoms with Gasteiger partial charge in [-0.1, -0.05) is 23.8 Å². The first-order chi connectivity index (χ1) is 14.4. The third-order valence-electron chi connectivity index (χ3n) is 4.66. The van der Waals surface area contributed by atoms with E-state index in [4.69, 9.17) is 9.47 Å². The first kappa shape index (κ1) is 23.3. The number of ether oxygens (including phenoxy) is 2. The predicted octanol–water partition coefficient (Wildman–Crippen LogP) is 3.58. The molecule has 2 aromatic carbocycles. The molecule has 6 nitrogen and oxygen atoms in total. The lowest BCUT2D eigenvalue weighted by molar-refractivity contribution is -0.120. The van der Waals surface area contributed by atoms with Crippen molar-refractivity contribution in [3.63, 3.8) is 0 Å². The van der Waals surface area contributed by atoms with Crippen molar-refractivity contribution in [2.24, 2.45) is 0 Å². The zero-order valence-electron chi connectivity index (χ0n) is 18.3. The van der Waals surface area contributed by atoms with Crippen LogP contribution >= 0.6 is 0 Å². The van der Waals surface area contributed by atoms with Gasteiger partial charge in [0.25, 0.3) is 5.91 Å². The average Bonchev–Trinajstić information content (AvgIpc) is 2.72. The van der Waals surface area contributed by atoms with Crippen LogP contribution in [0.5, 0.6) is 11.5 Å². The van der Waals surface area contributed by atoms with Gasteiger partial charge >= 0.3 is 0 Å². The zero-order chi connectivity index (χ0) is 21.9. The summed E-state index contributed by atoms with van der Waals surface area (Å²) in [6.45, 7) is 9.42. The Morgan fingerprint density at radius 1 is 0.900 bits per heavy atom. The molecule has 162 valence electrons. The molecule has 0 saturated heterocycles. The Morgan fingerprint density at radius 3 is 2.33 bits per heavy atom. The van der Waals surface area contributed by atoms with Crippen molar-refractivity contribution >= 4 is 11.8 Å². The van der Waals surface area contributed by atoms with E-state index in [-0.39, 0.29) is 18.4 Å². The number of amides is 2. The minimum Gasteiger partial charge on any atom is -0.490 e. The molecule has 0 aliphatic rings. The summed E-state index contributed by atoms with van der Waals surface area (Å²) in [4.78, 5) is 24.4. The fourth-order valence-corrected chi connectivity index (χ4v) is 3.15. The van der Waals surface area contributed by atoms with Gasteiger partial charge < -0.3 is 20.1 Å². The number of benzene rings is 2. The topological polar surface area (TPSA) is 76.7 Å². The maximum absolute atomic E-state index is 12.4. The van der Waals surface area contributed by atoms with Gasteiger partial charge in [0.1, 0.15) is 0 Å². The molecule has 0 aliphatic carbocycles. The molecule has 30 heavy (non-hydrogen) atoms. The standard InChI is InChI=1S/C24H32N2O4/c1-5-29-21-12-11-20(15-22(21)30-6-2)24(28)26-16-23(27)25-13-7-8-19-10-9-17(3)14-18(19)4/h9-12,14-15H,5-8,13,16H2,1-4H3,(H,25,27)(H,26,28). The van der Waals surface area contributed by atoms with Crippen LogP contribution in [0.1, 0.15) is 47.3 Å². The second-order valence-electron chi connectivity index (χ2n) is 7.09. The Labute approximate surface area is 179 Å². The molecule has 0 aromatic heterocycles. The van der Waals surface area contributed by atoms with Gasteiger partial charge in [-0.25, -0.2) is 0 Å². The van der Waals surface area contributed by atoms with E-state index in [1.807, 2.05) is 13.8 Å². The summed E-state index contributed by atoms with van der Waals surface area (Å²) in [6.07, 6.45) is 1.76. The fraction of sp³-hybridized carbons (Fsp3) is 0.417. The number of carbonyl (C=O) groups excluding carboxylic acids is 2. The highest BCUT2D eigenvalue weighted by atomic mass is 16.5. The normalized spacial score (nSPS) is 10.4. The van der Waals surface area contributed by atoms with Gasteiger partial charge in [0.15, 0.2) is 11.5 Å². The summed E-state index contributed by atoms with van der Waals surface area (Å²) in [5.41, 5.74) is 4.24. The van der Waals surface area contributed by atoms with Crippen LogP contribution in [0, 0.1) is 13.8 Å². The number of hydrogen-bond donors (Lipinski definition) is 2. The average molecular weight is 413 g/mol. The lowest BCUT2D eigenvalue weighted by Gasteiger charge is -2.12. The molecule has 0 unspecified atom stereocenters. The second-order valence-corrected chi connectivity index (χ2v) is 7.09. The van der Waals surface area contributed by atoms with E-state index in [0.717, 1.165) is 12.8 Å². The van der Waals surface area contributed by atoms with Gasteiger partial charge in [-0.15, -0.1) is 0 Å². The number of aryl methyl sites for hydroxylation is 3. The van der Waals surface area contributed by atoms with Crippen molar-refractivity contribution in [3.05, 3.63) is 58.7 Å². The lowest BCUT2D eigenvalue weighted by atomic mass is 10.0. The third kappa shape index (κ3) is 7.10. The van der Waals surface area contributed by atoms with Gasteiger partial charge in [0.05, 0.1) is 19.8 Å². The highest BCUT2D eigenvalue weighted by molar-refractivity contribution is 5.97. The Bertz CT molecular complexity index is 864. The van der Waals surface area contributed by atoms with Crippen LogP contribution in [-0.2, 0) is 11.2 Å². The number of carbonyl (C=O) groups is 2. The van der Waals surface area contributed by atoms with Gasteiger partial charge in [-0.05, 0) is 69.9 Å². The quantitative estimate of drug-likeness (QED) is 0.553. The maximum Gasteiger partial charge on any atom is 0.251 e. The number of hydrogen-bond acceptors (Lipinski definition) is 4. The first-order valence-electron chi connectivity index (χ1n) is 10.4. The smallest absolute Gasteiger partial charge is 0.251 e. The van der Waals surface area contributed by atoms with Crippen LogP contribution in [0.2, 0.25) is 0 Å². The molecule has 0 atom stereocenters. The van der Waals surface area contributed by atoms with Crippen LogP contribution in [-0.4, -0.2) is 38.1 Å². The predicted molar refractivity (Wildman–Crippen MR) is 118 cm³/mol. The molecule has 0 spiro atoms. The minimum absolute atomic E-state index is 0.0699. The van der Waals surface area contributed by atoms with Crippen LogP contribution in [0.4, 0.5) is 0 Å². The monoisotopic (exact) mass is 412 g/mol. The van der Waals surface area contributed by atoms with Crippen LogP contribution in [0.3, 0.4) is 0 Å². The highest BCUT2D eigenvalue weighted by Crippen LogP contribution is 2.28. The summed E-state index contributed by atoms with van der Waals surface area (Å²) in [5.74, 6) is 0.574. The number of nitrogens with one attached hydrogen (secondary N) is 2. The molecule has 0 bridgehead atoms. The van der Waals surface area contributed by atoms with Crippen LogP contribution < -0.4 is 20.1 Å². The lowest BCUT2D eigenvalue weighted by Crippen LogP contribution is -2.37. The summed E-state index contributed by atoms with van der Waals surface area (Å²) < 4.78 is 11.0. The van der Waals surface area contributed by atoms with E-state index in [9.17, 15) is 9.59 Å². The summed E-state index contributed by atoms with van der Waals surface area (Å²) >= 11 is 0. The molecule has 6 heteroatoms. The molecule has 2 N–H and O–H groups in total. The van der Waals surface area contributed by atoms with E-state index < -0.39 is 0 Å². The van der Waals surface area contributed by atoms with E-state index in [1.165, 1.54) is 16.7 Å². The van der Waals surface area contributed by atoms with Crippen molar-refractivity contribution in [2.45, 2.75) is 40.5 Å². The summed E-state index contributed by atoms with van der Waals surface area (Å²) in [5, 5.41) is 5.50. The summed E-state index contributed by atoms with van der Waals surface area (Å²) in [6, 6.07) is 11.4. The first-order valence-corrected chi connectivity index (χ1v) is 10.4. The van der Waals surface area contributed by atoms with E-state index in [0.29, 0.717) is 36.8 Å². The van der Waals surface area contributed by atoms with Gasteiger partial charge in [-0.2, -0.15) is 0 Å². The van der Waals surface area contributed by atoms with E-state index in [1.54, 1.807) is 18.2 Å². The fourth-order valence-electron chi connectivity index (χ4n) is 3.15. The van der Waals surface area contributed by atoms with Crippen LogP contribution in [0.25, 0.3) is 0 Å². The zero-order valence-corrected chi connectivity index (χ0v) is 18.3. The molecule has 2 amide bonds. The van der Waals surface area contributed by atoms with Crippen molar-refractivity contribution in [1.82, 2.24) is 10.6 Å². The van der Waals surface area contributed by atoms with E-state index in [2.05, 4.69) is 42.7 Å². The minimum atomic E-state index is -0.329. The third-order valence-corrected chi connectivity index (χ3v) is 4.66. The molecule has 0 fully saturated rings. The molecular formula is C24H32N2O4. The largest absolute Gasteiger partial charge is 0.490 e. The van der Waals surface area contributed by atoms with Crippen molar-refractivity contribution in [1.29, 1.82) is 0 Å². The Kier molecular flexibility index (Phi) is 9.19. The second kappa shape index (κ2) is 11.9. The van der Waals surface area contributed by atoms with Crippen molar-refractivity contribution < 1.29 is 19.1 Å². The van der Waals surface area contributed by atoms with Gasteiger partial charge in [0, 0.05) is 12.1 Å². The van der Waals surface area contributed by atoms with Gasteiger partial charge in [-0.3, -0.25) is 9.59 Å². The molecule has 0 saturated carbocycles. The Balaban J connectivity index is 1.77. The summed E-state index contributed by atoms with van der Waals surface area (Å²) in [7, 11) is 0. The molecule has 0 radical (unpaired) electrons. The van der Waals surface area contributed by atoms with Crippen LogP contribution in [0.15, 0.2) is 36.4 Å². The maximum atomic E-state index is 12.4. The van der Waals surface area contributed by atoms with E-state index >= 15 is 0 Å². The molecular weight excluding hydrogens is 380 g/mol. The van der Waals surface area contributed by atoms with Crippen molar-refractivity contribution in [3.8, 4) is 11.5 Å². The number of rotatable bonds is 11. The Hall–Kier alpha value is -3.02. The molecule has 2 aromatic rings. The highest BCUT2D eigenvalue weighted by Gasteiger charge is 2.12. The van der Waals surface area contributed by atoms with Gasteiger partial charge in [0.2, 0.25) is 5.91 Å². The Morgan fingerprint density at radius 2 is 1.63 bits per heavy atom.